The van der Waals surface area contributed by atoms with Crippen molar-refractivity contribution in [3.63, 3.8) is 0 Å². The van der Waals surface area contributed by atoms with Crippen molar-refractivity contribution in [1.82, 2.24) is 0 Å². The predicted molar refractivity (Wildman–Crippen MR) is 86.5 cm³/mol. The Bertz CT molecular complexity index is 533. The first kappa shape index (κ1) is 16.7. The van der Waals surface area contributed by atoms with Crippen LogP contribution < -0.4 is 0 Å². The molecule has 0 radical (unpaired) electrons. The van der Waals surface area contributed by atoms with E-state index in [1.807, 2.05) is 18.2 Å². The number of ether oxygens (including phenoxy) is 1. The van der Waals surface area contributed by atoms with Gasteiger partial charge in [0.05, 0.1) is 0 Å². The average Bonchev–Trinajstić information content (AvgIpc) is 2.47. The first-order valence-corrected chi connectivity index (χ1v) is 8.09. The van der Waals surface area contributed by atoms with Crippen LogP contribution >= 0.6 is 0 Å². The lowest BCUT2D eigenvalue weighted by molar-refractivity contribution is -0.162. The number of hydrogen-bond acceptors (Lipinski definition) is 3. The van der Waals surface area contributed by atoms with Gasteiger partial charge in [-0.15, -0.1) is 0 Å². The molecule has 0 aliphatic heterocycles. The second-order valence-corrected chi connectivity index (χ2v) is 7.11. The van der Waals surface area contributed by atoms with Gasteiger partial charge in [-0.3, -0.25) is 4.79 Å². The molecule has 0 N–H and O–H groups in total. The van der Waals surface area contributed by atoms with E-state index in [1.54, 1.807) is 0 Å². The highest BCUT2D eigenvalue weighted by atomic mass is 16.5. The third-order valence-electron chi connectivity index (χ3n) is 5.04. The SMILES string of the molecule is CC(=O)C(=O)O[C@@H]1C[C@H](C)CC[C@H]1C(C)(C)c1ccccc1. The maximum Gasteiger partial charge on any atom is 0.374 e. The Labute approximate surface area is 133 Å². The summed E-state index contributed by atoms with van der Waals surface area (Å²) in [6, 6.07) is 10.3. The van der Waals surface area contributed by atoms with Gasteiger partial charge in [0.25, 0.3) is 0 Å². The minimum atomic E-state index is -0.701. The van der Waals surface area contributed by atoms with Crippen molar-refractivity contribution in [2.75, 3.05) is 0 Å². The molecule has 0 amide bonds. The Morgan fingerprint density at radius 2 is 1.77 bits per heavy atom. The summed E-state index contributed by atoms with van der Waals surface area (Å²) in [7, 11) is 0. The van der Waals surface area contributed by atoms with E-state index < -0.39 is 11.8 Å². The van der Waals surface area contributed by atoms with E-state index in [9.17, 15) is 9.59 Å². The van der Waals surface area contributed by atoms with Gasteiger partial charge in [0.1, 0.15) is 6.10 Å². The molecule has 1 fully saturated rings. The van der Waals surface area contributed by atoms with Crippen LogP contribution in [0.2, 0.25) is 0 Å². The molecular weight excluding hydrogens is 276 g/mol. The number of esters is 1. The number of carbonyl (C=O) groups is 2. The van der Waals surface area contributed by atoms with Crippen molar-refractivity contribution < 1.29 is 14.3 Å². The summed E-state index contributed by atoms with van der Waals surface area (Å²) in [5, 5.41) is 0. The number of rotatable bonds is 4. The zero-order valence-corrected chi connectivity index (χ0v) is 14.0. The minimum Gasteiger partial charge on any atom is -0.456 e. The highest BCUT2D eigenvalue weighted by molar-refractivity contribution is 6.32. The standard InChI is InChI=1S/C19H26O3/c1-13-10-11-16(17(12-13)22-18(21)14(2)20)19(3,4)15-8-6-5-7-9-15/h5-9,13,16-17H,10-12H2,1-4H3/t13-,16-,17-/m1/s1. The Morgan fingerprint density at radius 1 is 1.14 bits per heavy atom. The molecule has 0 unspecified atom stereocenters. The molecule has 3 nitrogen and oxygen atoms in total. The first-order chi connectivity index (χ1) is 10.3. The van der Waals surface area contributed by atoms with E-state index in [0.29, 0.717) is 5.92 Å². The molecule has 3 heteroatoms. The molecule has 2 rings (SSSR count). The monoisotopic (exact) mass is 302 g/mol. The van der Waals surface area contributed by atoms with Crippen LogP contribution in [0.3, 0.4) is 0 Å². The molecule has 1 aliphatic rings. The number of hydrogen-bond donors (Lipinski definition) is 0. The molecule has 22 heavy (non-hydrogen) atoms. The molecule has 1 aromatic carbocycles. The van der Waals surface area contributed by atoms with E-state index in [-0.39, 0.29) is 17.4 Å². The second-order valence-electron chi connectivity index (χ2n) is 7.11. The quantitative estimate of drug-likeness (QED) is 0.626. The molecule has 0 heterocycles. The highest BCUT2D eigenvalue weighted by Gasteiger charge is 2.42. The van der Waals surface area contributed by atoms with Crippen molar-refractivity contribution in [2.24, 2.45) is 11.8 Å². The van der Waals surface area contributed by atoms with Crippen molar-refractivity contribution in [1.29, 1.82) is 0 Å². The van der Waals surface area contributed by atoms with Crippen LogP contribution in [0.1, 0.15) is 52.5 Å². The second kappa shape index (κ2) is 6.64. The van der Waals surface area contributed by atoms with E-state index in [0.717, 1.165) is 19.3 Å². The van der Waals surface area contributed by atoms with Crippen LogP contribution in [0.15, 0.2) is 30.3 Å². The van der Waals surface area contributed by atoms with Crippen molar-refractivity contribution in [2.45, 2.75) is 58.5 Å². The maximum absolute atomic E-state index is 11.8. The third-order valence-corrected chi connectivity index (χ3v) is 5.04. The van der Waals surface area contributed by atoms with Gasteiger partial charge in [-0.05, 0) is 29.7 Å². The molecule has 0 saturated heterocycles. The van der Waals surface area contributed by atoms with Crippen LogP contribution in [0.4, 0.5) is 0 Å². The summed E-state index contributed by atoms with van der Waals surface area (Å²) in [6.45, 7) is 7.86. The maximum atomic E-state index is 11.8. The van der Waals surface area contributed by atoms with E-state index in [1.165, 1.54) is 12.5 Å². The van der Waals surface area contributed by atoms with Gasteiger partial charge in [-0.1, -0.05) is 57.5 Å². The Hall–Kier alpha value is -1.64. The fourth-order valence-corrected chi connectivity index (χ4v) is 3.59. The smallest absolute Gasteiger partial charge is 0.374 e. The van der Waals surface area contributed by atoms with E-state index in [4.69, 9.17) is 4.74 Å². The zero-order valence-electron chi connectivity index (χ0n) is 14.0. The molecule has 1 aromatic rings. The summed E-state index contributed by atoms with van der Waals surface area (Å²) in [5.74, 6) is -0.468. The summed E-state index contributed by atoms with van der Waals surface area (Å²) in [5.41, 5.74) is 1.15. The molecule has 0 aromatic heterocycles. The lowest BCUT2D eigenvalue weighted by atomic mass is 9.64. The number of Topliss-reactive ketones (excluding diaryl/α,β-unsaturated/α-hetero) is 1. The fraction of sp³-hybridized carbons (Fsp3) is 0.579. The van der Waals surface area contributed by atoms with Gasteiger partial charge in [0.2, 0.25) is 5.78 Å². The molecular formula is C19H26O3. The Kier molecular flexibility index (Phi) is 5.05. The van der Waals surface area contributed by atoms with Crippen LogP contribution in [0.5, 0.6) is 0 Å². The first-order valence-electron chi connectivity index (χ1n) is 8.09. The summed E-state index contributed by atoms with van der Waals surface area (Å²) < 4.78 is 5.56. The molecule has 1 saturated carbocycles. The normalized spacial score (nSPS) is 25.5. The lowest BCUT2D eigenvalue weighted by Gasteiger charge is -2.43. The van der Waals surface area contributed by atoms with Gasteiger partial charge in [0, 0.05) is 12.8 Å². The number of benzene rings is 1. The van der Waals surface area contributed by atoms with Crippen molar-refractivity contribution in [3.05, 3.63) is 35.9 Å². The van der Waals surface area contributed by atoms with Crippen molar-refractivity contribution in [3.8, 4) is 0 Å². The number of ketones is 1. The van der Waals surface area contributed by atoms with Gasteiger partial charge in [-0.25, -0.2) is 4.79 Å². The van der Waals surface area contributed by atoms with E-state index in [2.05, 4.69) is 32.9 Å². The molecule has 0 bridgehead atoms. The van der Waals surface area contributed by atoms with E-state index >= 15 is 0 Å². The topological polar surface area (TPSA) is 43.4 Å². The van der Waals surface area contributed by atoms with Crippen LogP contribution in [-0.2, 0) is 19.7 Å². The molecule has 120 valence electrons. The van der Waals surface area contributed by atoms with Crippen LogP contribution in [0.25, 0.3) is 0 Å². The fourth-order valence-electron chi connectivity index (χ4n) is 3.59. The number of carbonyl (C=O) groups excluding carboxylic acids is 2. The van der Waals surface area contributed by atoms with Crippen molar-refractivity contribution >= 4 is 11.8 Å². The third kappa shape index (κ3) is 3.57. The zero-order chi connectivity index (χ0) is 16.3. The summed E-state index contributed by atoms with van der Waals surface area (Å²) in [4.78, 5) is 23.0. The summed E-state index contributed by atoms with van der Waals surface area (Å²) in [6.07, 6.45) is 2.80. The van der Waals surface area contributed by atoms with Gasteiger partial charge in [-0.2, -0.15) is 0 Å². The molecule has 1 aliphatic carbocycles. The largest absolute Gasteiger partial charge is 0.456 e. The Balaban J connectivity index is 2.25. The minimum absolute atomic E-state index is 0.0941. The average molecular weight is 302 g/mol. The van der Waals surface area contributed by atoms with Gasteiger partial charge < -0.3 is 4.74 Å². The van der Waals surface area contributed by atoms with Crippen LogP contribution in [-0.4, -0.2) is 17.9 Å². The van der Waals surface area contributed by atoms with Gasteiger partial charge >= 0.3 is 5.97 Å². The highest BCUT2D eigenvalue weighted by Crippen LogP contribution is 2.43. The molecule has 3 atom stereocenters. The Morgan fingerprint density at radius 3 is 2.36 bits per heavy atom. The van der Waals surface area contributed by atoms with Gasteiger partial charge in [0.15, 0.2) is 0 Å². The predicted octanol–water partition coefficient (Wildman–Crippen LogP) is 3.90. The van der Waals surface area contributed by atoms with Crippen LogP contribution in [0, 0.1) is 11.8 Å². The lowest BCUT2D eigenvalue weighted by Crippen LogP contribution is -2.44. The molecule has 0 spiro atoms. The summed E-state index contributed by atoms with van der Waals surface area (Å²) >= 11 is 0.